The Labute approximate surface area is 94.6 Å². The summed E-state index contributed by atoms with van der Waals surface area (Å²) in [6.45, 7) is 0.613. The molecule has 0 aromatic carbocycles. The molecule has 0 N–H and O–H groups in total. The molecule has 2 rings (SSSR count). The van der Waals surface area contributed by atoms with E-state index in [4.69, 9.17) is 11.6 Å². The SMILES string of the molecule is Cc1cc2cnc(Cl)cc2n1CC(F)(F)F. The second kappa shape index (κ2) is 3.66. The maximum atomic E-state index is 12.4. The summed E-state index contributed by atoms with van der Waals surface area (Å²) >= 11 is 5.67. The highest BCUT2D eigenvalue weighted by molar-refractivity contribution is 6.30. The van der Waals surface area contributed by atoms with Gasteiger partial charge in [0.25, 0.3) is 0 Å². The van der Waals surface area contributed by atoms with Gasteiger partial charge in [0.15, 0.2) is 0 Å². The van der Waals surface area contributed by atoms with E-state index >= 15 is 0 Å². The molecule has 0 aliphatic carbocycles. The van der Waals surface area contributed by atoms with Gasteiger partial charge in [0.2, 0.25) is 0 Å². The van der Waals surface area contributed by atoms with Crippen LogP contribution >= 0.6 is 11.6 Å². The van der Waals surface area contributed by atoms with Crippen molar-refractivity contribution >= 4 is 22.5 Å². The zero-order valence-electron chi connectivity index (χ0n) is 8.35. The number of halogens is 4. The lowest BCUT2D eigenvalue weighted by Gasteiger charge is -2.11. The van der Waals surface area contributed by atoms with Crippen molar-refractivity contribution in [3.05, 3.63) is 29.2 Å². The van der Waals surface area contributed by atoms with Gasteiger partial charge in [-0.1, -0.05) is 11.6 Å². The number of fused-ring (bicyclic) bond motifs is 1. The predicted octanol–water partition coefficient (Wildman–Crippen LogP) is 3.56. The Morgan fingerprint density at radius 1 is 1.38 bits per heavy atom. The molecule has 0 spiro atoms. The van der Waals surface area contributed by atoms with Crippen molar-refractivity contribution in [1.82, 2.24) is 9.55 Å². The van der Waals surface area contributed by atoms with Gasteiger partial charge in [-0.05, 0) is 19.1 Å². The lowest BCUT2D eigenvalue weighted by atomic mass is 10.3. The van der Waals surface area contributed by atoms with Gasteiger partial charge in [-0.25, -0.2) is 4.98 Å². The van der Waals surface area contributed by atoms with Crippen molar-refractivity contribution in [3.8, 4) is 0 Å². The van der Waals surface area contributed by atoms with E-state index in [9.17, 15) is 13.2 Å². The van der Waals surface area contributed by atoms with Gasteiger partial charge in [-0.3, -0.25) is 0 Å². The molecular weight excluding hydrogens is 241 g/mol. The summed E-state index contributed by atoms with van der Waals surface area (Å²) in [4.78, 5) is 3.83. The average molecular weight is 249 g/mol. The molecule has 0 saturated carbocycles. The summed E-state index contributed by atoms with van der Waals surface area (Å²) in [6.07, 6.45) is -2.77. The van der Waals surface area contributed by atoms with Crippen LogP contribution in [0.5, 0.6) is 0 Å². The van der Waals surface area contributed by atoms with Gasteiger partial charge >= 0.3 is 6.18 Å². The summed E-state index contributed by atoms with van der Waals surface area (Å²) in [5, 5.41) is 0.847. The summed E-state index contributed by atoms with van der Waals surface area (Å²) in [7, 11) is 0. The van der Waals surface area contributed by atoms with Crippen LogP contribution in [0.25, 0.3) is 10.9 Å². The first kappa shape index (κ1) is 11.3. The molecule has 16 heavy (non-hydrogen) atoms. The number of aromatic nitrogens is 2. The standard InChI is InChI=1S/C10H8ClF3N2/c1-6-2-7-4-15-9(11)3-8(7)16(6)5-10(12,13)14/h2-4H,5H2,1H3. The molecule has 2 aromatic heterocycles. The number of hydrogen-bond acceptors (Lipinski definition) is 1. The second-order valence-corrected chi connectivity index (χ2v) is 3.94. The quantitative estimate of drug-likeness (QED) is 0.706. The molecule has 0 unspecified atom stereocenters. The Morgan fingerprint density at radius 3 is 2.69 bits per heavy atom. The van der Waals surface area contributed by atoms with E-state index < -0.39 is 12.7 Å². The molecule has 2 heterocycles. The Bertz CT molecular complexity index is 531. The first-order chi connectivity index (χ1) is 7.37. The Morgan fingerprint density at radius 2 is 2.06 bits per heavy atom. The van der Waals surface area contributed by atoms with Crippen LogP contribution in [-0.4, -0.2) is 15.7 Å². The highest BCUT2D eigenvalue weighted by Gasteiger charge is 2.29. The Hall–Kier alpha value is -1.23. The van der Waals surface area contributed by atoms with E-state index in [2.05, 4.69) is 4.98 Å². The molecular formula is C10H8ClF3N2. The van der Waals surface area contributed by atoms with Gasteiger partial charge in [0.1, 0.15) is 11.7 Å². The molecule has 2 nitrogen and oxygen atoms in total. The number of aryl methyl sites for hydroxylation is 1. The summed E-state index contributed by atoms with van der Waals surface area (Å²) in [6, 6.07) is 3.10. The summed E-state index contributed by atoms with van der Waals surface area (Å²) in [5.74, 6) is 0. The zero-order chi connectivity index (χ0) is 11.9. The lowest BCUT2D eigenvalue weighted by Crippen LogP contribution is -2.18. The zero-order valence-corrected chi connectivity index (χ0v) is 9.10. The number of hydrogen-bond donors (Lipinski definition) is 0. The second-order valence-electron chi connectivity index (χ2n) is 3.55. The molecule has 0 radical (unpaired) electrons. The van der Waals surface area contributed by atoms with E-state index in [0.717, 1.165) is 0 Å². The van der Waals surface area contributed by atoms with Crippen LogP contribution < -0.4 is 0 Å². The largest absolute Gasteiger partial charge is 0.406 e. The topological polar surface area (TPSA) is 17.8 Å². The van der Waals surface area contributed by atoms with Gasteiger partial charge < -0.3 is 4.57 Å². The smallest absolute Gasteiger partial charge is 0.336 e. The Balaban J connectivity index is 2.58. The van der Waals surface area contributed by atoms with E-state index in [1.807, 2.05) is 0 Å². The molecule has 0 saturated heterocycles. The number of alkyl halides is 3. The van der Waals surface area contributed by atoms with Crippen LogP contribution in [0.1, 0.15) is 5.69 Å². The number of rotatable bonds is 1. The van der Waals surface area contributed by atoms with Gasteiger partial charge in [0, 0.05) is 17.3 Å². The van der Waals surface area contributed by atoms with Crippen LogP contribution in [-0.2, 0) is 6.54 Å². The molecule has 0 aliphatic rings. The molecule has 6 heteroatoms. The van der Waals surface area contributed by atoms with Crippen molar-refractivity contribution in [2.45, 2.75) is 19.6 Å². The van der Waals surface area contributed by atoms with Crippen LogP contribution in [0.2, 0.25) is 5.15 Å². The van der Waals surface area contributed by atoms with Crippen LogP contribution in [0.3, 0.4) is 0 Å². The van der Waals surface area contributed by atoms with E-state index in [1.165, 1.54) is 16.8 Å². The highest BCUT2D eigenvalue weighted by Crippen LogP contribution is 2.26. The lowest BCUT2D eigenvalue weighted by molar-refractivity contribution is -0.140. The van der Waals surface area contributed by atoms with Crippen LogP contribution in [0.4, 0.5) is 13.2 Å². The Kier molecular flexibility index (Phi) is 2.58. The fourth-order valence-electron chi connectivity index (χ4n) is 1.66. The molecule has 2 aromatic rings. The normalized spacial score (nSPS) is 12.3. The predicted molar refractivity (Wildman–Crippen MR) is 55.5 cm³/mol. The van der Waals surface area contributed by atoms with Gasteiger partial charge in [0.05, 0.1) is 5.52 Å². The molecule has 86 valence electrons. The first-order valence-electron chi connectivity index (χ1n) is 4.55. The first-order valence-corrected chi connectivity index (χ1v) is 4.93. The van der Waals surface area contributed by atoms with Crippen LogP contribution in [0.15, 0.2) is 18.3 Å². The van der Waals surface area contributed by atoms with Crippen LogP contribution in [0, 0.1) is 6.92 Å². The molecule has 0 aliphatic heterocycles. The fraction of sp³-hybridized carbons (Fsp3) is 0.300. The average Bonchev–Trinajstić information content (AvgIpc) is 2.42. The van der Waals surface area contributed by atoms with Crippen molar-refractivity contribution in [2.24, 2.45) is 0 Å². The van der Waals surface area contributed by atoms with Crippen molar-refractivity contribution in [3.63, 3.8) is 0 Å². The monoisotopic (exact) mass is 248 g/mol. The van der Waals surface area contributed by atoms with Crippen molar-refractivity contribution < 1.29 is 13.2 Å². The minimum Gasteiger partial charge on any atom is -0.336 e. The molecule has 0 fully saturated rings. The van der Waals surface area contributed by atoms with Crippen molar-refractivity contribution in [1.29, 1.82) is 0 Å². The summed E-state index contributed by atoms with van der Waals surface area (Å²) < 4.78 is 38.3. The minimum absolute atomic E-state index is 0.189. The van der Waals surface area contributed by atoms with Gasteiger partial charge in [-0.15, -0.1) is 0 Å². The third kappa shape index (κ3) is 2.14. The molecule has 0 atom stereocenters. The third-order valence-corrected chi connectivity index (χ3v) is 2.50. The molecule has 0 amide bonds. The minimum atomic E-state index is -4.24. The fourth-order valence-corrected chi connectivity index (χ4v) is 1.81. The third-order valence-electron chi connectivity index (χ3n) is 2.30. The molecule has 0 bridgehead atoms. The van der Waals surface area contributed by atoms with E-state index in [-0.39, 0.29) is 5.15 Å². The van der Waals surface area contributed by atoms with E-state index in [1.54, 1.807) is 13.0 Å². The van der Waals surface area contributed by atoms with Crippen molar-refractivity contribution in [2.75, 3.05) is 0 Å². The van der Waals surface area contributed by atoms with Gasteiger partial charge in [-0.2, -0.15) is 13.2 Å². The maximum Gasteiger partial charge on any atom is 0.406 e. The summed E-state index contributed by atoms with van der Waals surface area (Å²) in [5.41, 5.74) is 0.992. The number of pyridine rings is 1. The maximum absolute atomic E-state index is 12.4. The number of nitrogens with zero attached hydrogens (tertiary/aromatic N) is 2. The highest BCUT2D eigenvalue weighted by atomic mass is 35.5. The van der Waals surface area contributed by atoms with E-state index in [0.29, 0.717) is 16.6 Å².